The Labute approximate surface area is 226 Å². The Morgan fingerprint density at radius 3 is 2.45 bits per heavy atom. The number of phenols is 2. The number of amides is 2. The first-order valence-electron chi connectivity index (χ1n) is 12.9. The van der Waals surface area contributed by atoms with Crippen LogP contribution in [0, 0.1) is 6.92 Å². The fourth-order valence-electron chi connectivity index (χ4n) is 5.07. The Bertz CT molecular complexity index is 1350. The number of ether oxygens (including phenoxy) is 1. The number of hydrogen-bond donors (Lipinski definition) is 2. The van der Waals surface area contributed by atoms with Crippen molar-refractivity contribution in [2.75, 3.05) is 33.3 Å². The Kier molecular flexibility index (Phi) is 7.58. The summed E-state index contributed by atoms with van der Waals surface area (Å²) in [4.78, 5) is 34.2. The van der Waals surface area contributed by atoms with Crippen LogP contribution in [-0.4, -0.2) is 70.0 Å². The van der Waals surface area contributed by atoms with Crippen molar-refractivity contribution < 1.29 is 24.5 Å². The number of hydrogen-bond acceptors (Lipinski definition) is 7. The second-order valence-corrected chi connectivity index (χ2v) is 11.4. The maximum atomic E-state index is 13.4. The van der Waals surface area contributed by atoms with Crippen LogP contribution in [0.4, 0.5) is 0 Å². The normalized spacial score (nSPS) is 15.1. The first-order chi connectivity index (χ1) is 18.3. The zero-order valence-electron chi connectivity index (χ0n) is 21.8. The molecule has 1 fully saturated rings. The standard InChI is InChI=1S/C29H33N3O5S/c1-19-5-8-23(38-19)18-30(2)28(35)24-14-25(27(34)15-26(24)33)29(36)32-16-20-6-7-22(13-21(20)17-32)37-12-11-31-9-3-4-10-31/h5-8,13-15,33-34H,3-4,9-12,16-18H2,1-2H3. The van der Waals surface area contributed by atoms with Gasteiger partial charge in [-0.3, -0.25) is 14.5 Å². The maximum Gasteiger partial charge on any atom is 0.258 e. The van der Waals surface area contributed by atoms with Crippen LogP contribution in [-0.2, 0) is 19.6 Å². The number of thiophene rings is 1. The number of carbonyl (C=O) groups is 2. The molecule has 0 aliphatic carbocycles. The van der Waals surface area contributed by atoms with Crippen LogP contribution in [0.15, 0.2) is 42.5 Å². The summed E-state index contributed by atoms with van der Waals surface area (Å²) in [7, 11) is 1.65. The summed E-state index contributed by atoms with van der Waals surface area (Å²) in [5, 5.41) is 20.9. The van der Waals surface area contributed by atoms with E-state index in [4.69, 9.17) is 4.74 Å². The fourth-order valence-corrected chi connectivity index (χ4v) is 6.02. The summed E-state index contributed by atoms with van der Waals surface area (Å²) in [5.41, 5.74) is 1.98. The molecule has 0 bridgehead atoms. The van der Waals surface area contributed by atoms with E-state index < -0.39 is 11.8 Å². The minimum absolute atomic E-state index is 0.0126. The molecule has 200 valence electrons. The number of aryl methyl sites for hydroxylation is 1. The number of carbonyl (C=O) groups excluding carboxylic acids is 2. The van der Waals surface area contributed by atoms with Gasteiger partial charge in [-0.1, -0.05) is 6.07 Å². The molecule has 0 spiro atoms. The summed E-state index contributed by atoms with van der Waals surface area (Å²) in [6, 6.07) is 12.2. The lowest BCUT2D eigenvalue weighted by Crippen LogP contribution is -2.28. The molecule has 2 aromatic carbocycles. The Balaban J connectivity index is 1.26. The van der Waals surface area contributed by atoms with Crippen molar-refractivity contribution >= 4 is 23.2 Å². The summed E-state index contributed by atoms with van der Waals surface area (Å²) < 4.78 is 5.96. The molecule has 1 aromatic heterocycles. The molecule has 8 nitrogen and oxygen atoms in total. The Morgan fingerprint density at radius 2 is 1.71 bits per heavy atom. The van der Waals surface area contributed by atoms with Gasteiger partial charge in [0, 0.05) is 42.5 Å². The zero-order chi connectivity index (χ0) is 26.8. The van der Waals surface area contributed by atoms with Crippen molar-refractivity contribution in [3.05, 3.63) is 74.5 Å². The molecular formula is C29H33N3O5S. The predicted octanol–water partition coefficient (Wildman–Crippen LogP) is 4.37. The van der Waals surface area contributed by atoms with Crippen LogP contribution in [0.3, 0.4) is 0 Å². The van der Waals surface area contributed by atoms with E-state index in [-0.39, 0.29) is 22.6 Å². The highest BCUT2D eigenvalue weighted by atomic mass is 32.1. The molecule has 0 unspecified atom stereocenters. The van der Waals surface area contributed by atoms with Crippen LogP contribution in [0.1, 0.15) is 54.4 Å². The number of nitrogens with zero attached hydrogens (tertiary/aromatic N) is 3. The van der Waals surface area contributed by atoms with E-state index >= 15 is 0 Å². The van der Waals surface area contributed by atoms with Crippen LogP contribution in [0.25, 0.3) is 0 Å². The highest BCUT2D eigenvalue weighted by molar-refractivity contribution is 7.11. The van der Waals surface area contributed by atoms with Gasteiger partial charge in [0.05, 0.1) is 17.7 Å². The number of benzene rings is 2. The first-order valence-corrected chi connectivity index (χ1v) is 13.7. The molecule has 0 radical (unpaired) electrons. The van der Waals surface area contributed by atoms with Crippen LogP contribution in [0.5, 0.6) is 17.2 Å². The first kappa shape index (κ1) is 26.1. The third-order valence-electron chi connectivity index (χ3n) is 7.17. The highest BCUT2D eigenvalue weighted by Gasteiger charge is 2.29. The largest absolute Gasteiger partial charge is 0.507 e. The minimum Gasteiger partial charge on any atom is -0.507 e. The molecule has 3 heterocycles. The summed E-state index contributed by atoms with van der Waals surface area (Å²) in [5.74, 6) is -0.772. The quantitative estimate of drug-likeness (QED) is 0.445. The lowest BCUT2D eigenvalue weighted by atomic mass is 10.1. The van der Waals surface area contributed by atoms with Gasteiger partial charge in [0.1, 0.15) is 23.9 Å². The minimum atomic E-state index is -0.428. The average Bonchev–Trinajstić information content (AvgIpc) is 3.64. The van der Waals surface area contributed by atoms with Crippen molar-refractivity contribution in [1.82, 2.24) is 14.7 Å². The summed E-state index contributed by atoms with van der Waals surface area (Å²) >= 11 is 1.60. The van der Waals surface area contributed by atoms with Gasteiger partial charge in [-0.25, -0.2) is 0 Å². The van der Waals surface area contributed by atoms with E-state index in [9.17, 15) is 19.8 Å². The number of phenolic OH excluding ortho intramolecular Hbond substituents is 2. The third kappa shape index (κ3) is 5.63. The van der Waals surface area contributed by atoms with Gasteiger partial charge in [-0.2, -0.15) is 0 Å². The molecule has 2 aliphatic rings. The van der Waals surface area contributed by atoms with Crippen molar-refractivity contribution in [2.45, 2.75) is 39.4 Å². The molecule has 2 aliphatic heterocycles. The molecule has 0 atom stereocenters. The number of likely N-dealkylation sites (tertiary alicyclic amines) is 1. The predicted molar refractivity (Wildman–Crippen MR) is 146 cm³/mol. The van der Waals surface area contributed by atoms with E-state index in [1.807, 2.05) is 37.3 Å². The van der Waals surface area contributed by atoms with Gasteiger partial charge in [0.15, 0.2) is 0 Å². The third-order valence-corrected chi connectivity index (χ3v) is 8.16. The van der Waals surface area contributed by atoms with Crippen molar-refractivity contribution in [2.24, 2.45) is 0 Å². The number of aromatic hydroxyl groups is 2. The molecule has 5 rings (SSSR count). The smallest absolute Gasteiger partial charge is 0.258 e. The van der Waals surface area contributed by atoms with E-state index in [1.165, 1.54) is 23.8 Å². The van der Waals surface area contributed by atoms with Crippen LogP contribution >= 0.6 is 11.3 Å². The molecule has 2 amide bonds. The second-order valence-electron chi connectivity index (χ2n) is 10.0. The van der Waals surface area contributed by atoms with Crippen LogP contribution in [0.2, 0.25) is 0 Å². The van der Waals surface area contributed by atoms with Crippen molar-refractivity contribution in [3.63, 3.8) is 0 Å². The van der Waals surface area contributed by atoms with Gasteiger partial charge in [0.2, 0.25) is 0 Å². The average molecular weight is 536 g/mol. The van der Waals surface area contributed by atoms with E-state index in [0.717, 1.165) is 52.3 Å². The monoisotopic (exact) mass is 535 g/mol. The topological polar surface area (TPSA) is 93.6 Å². The fraction of sp³-hybridized carbons (Fsp3) is 0.379. The molecule has 1 saturated heterocycles. The van der Waals surface area contributed by atoms with Crippen molar-refractivity contribution in [1.29, 1.82) is 0 Å². The zero-order valence-corrected chi connectivity index (χ0v) is 22.6. The Hall–Kier alpha value is -3.56. The molecule has 38 heavy (non-hydrogen) atoms. The van der Waals surface area contributed by atoms with Crippen molar-refractivity contribution in [3.8, 4) is 17.2 Å². The van der Waals surface area contributed by atoms with E-state index in [1.54, 1.807) is 23.3 Å². The molecular weight excluding hydrogens is 502 g/mol. The second kappa shape index (κ2) is 11.0. The highest BCUT2D eigenvalue weighted by Crippen LogP contribution is 2.33. The SMILES string of the molecule is Cc1ccc(CN(C)C(=O)c2cc(C(=O)N3Cc4ccc(OCCN5CCCC5)cc4C3)c(O)cc2O)s1. The summed E-state index contributed by atoms with van der Waals surface area (Å²) in [6.07, 6.45) is 2.50. The van der Waals surface area contributed by atoms with Gasteiger partial charge < -0.3 is 24.7 Å². The van der Waals surface area contributed by atoms with Gasteiger partial charge >= 0.3 is 0 Å². The Morgan fingerprint density at radius 1 is 0.974 bits per heavy atom. The summed E-state index contributed by atoms with van der Waals surface area (Å²) in [6.45, 7) is 6.94. The molecule has 2 N–H and O–H groups in total. The molecule has 9 heteroatoms. The van der Waals surface area contributed by atoms with Crippen LogP contribution < -0.4 is 4.74 Å². The molecule has 3 aromatic rings. The lowest BCUT2D eigenvalue weighted by molar-refractivity contribution is 0.0748. The molecule has 0 saturated carbocycles. The van der Waals surface area contributed by atoms with Gasteiger partial charge in [0.25, 0.3) is 11.8 Å². The van der Waals surface area contributed by atoms with E-state index in [0.29, 0.717) is 26.2 Å². The number of rotatable bonds is 8. The van der Waals surface area contributed by atoms with E-state index in [2.05, 4.69) is 4.90 Å². The number of fused-ring (bicyclic) bond motifs is 1. The lowest BCUT2D eigenvalue weighted by Gasteiger charge is -2.20. The van der Waals surface area contributed by atoms with Gasteiger partial charge in [-0.15, -0.1) is 11.3 Å². The maximum absolute atomic E-state index is 13.4. The van der Waals surface area contributed by atoms with Gasteiger partial charge in [-0.05, 0) is 74.3 Å².